The van der Waals surface area contributed by atoms with Crippen LogP contribution in [0.5, 0.6) is 0 Å². The Labute approximate surface area is 136 Å². The van der Waals surface area contributed by atoms with Crippen LogP contribution >= 0.6 is 0 Å². The number of tetrazole rings is 1. The minimum Gasteiger partial charge on any atom is -0.379 e. The van der Waals surface area contributed by atoms with Gasteiger partial charge in [-0.05, 0) is 37.9 Å². The second-order valence-electron chi connectivity index (χ2n) is 5.95. The van der Waals surface area contributed by atoms with E-state index in [0.717, 1.165) is 13.0 Å². The fourth-order valence-corrected chi connectivity index (χ4v) is 2.38. The number of hydrogen-bond donors (Lipinski definition) is 1. The Morgan fingerprint density at radius 2 is 2.35 bits per heavy atom. The van der Waals surface area contributed by atoms with Crippen molar-refractivity contribution in [2.45, 2.75) is 38.5 Å². The Hall–Kier alpha value is -1.58. The van der Waals surface area contributed by atoms with Gasteiger partial charge in [0.1, 0.15) is 5.82 Å². The first-order valence-corrected chi connectivity index (χ1v) is 7.92. The molecule has 2 heterocycles. The van der Waals surface area contributed by atoms with Crippen LogP contribution in [0.2, 0.25) is 0 Å². The van der Waals surface area contributed by atoms with Crippen LogP contribution in [0.4, 0.5) is 0 Å². The Kier molecular flexibility index (Phi) is 6.87. The van der Waals surface area contributed by atoms with Gasteiger partial charge in [0, 0.05) is 19.6 Å². The predicted molar refractivity (Wildman–Crippen MR) is 82.8 cm³/mol. The molecule has 1 N–H and O–H groups in total. The van der Waals surface area contributed by atoms with Crippen LogP contribution in [0.3, 0.4) is 0 Å². The van der Waals surface area contributed by atoms with Crippen molar-refractivity contribution in [2.24, 2.45) is 0 Å². The third kappa shape index (κ3) is 5.85. The van der Waals surface area contributed by atoms with Gasteiger partial charge in [-0.2, -0.15) is 0 Å². The lowest BCUT2D eigenvalue weighted by molar-refractivity contribution is -0.126. The standard InChI is InChI=1S/C14H26N6O3/c1-11-16-17-18-20(11)6-4-14(21)15-12-10-22-8-5-13(12)23-9-7-19(2)3/h12-13H,4-10H2,1-3H3,(H,15,21)/t12-,13+/m1/s1. The lowest BCUT2D eigenvalue weighted by Crippen LogP contribution is -2.51. The number of hydrogen-bond acceptors (Lipinski definition) is 7. The molecule has 0 aliphatic carbocycles. The number of aromatic nitrogens is 4. The average Bonchev–Trinajstić information content (AvgIpc) is 2.92. The molecule has 1 saturated heterocycles. The molecule has 0 saturated carbocycles. The van der Waals surface area contributed by atoms with Gasteiger partial charge in [-0.15, -0.1) is 5.10 Å². The van der Waals surface area contributed by atoms with Crippen molar-refractivity contribution in [1.82, 2.24) is 30.4 Å². The van der Waals surface area contributed by atoms with E-state index in [9.17, 15) is 4.79 Å². The van der Waals surface area contributed by atoms with Gasteiger partial charge < -0.3 is 19.7 Å². The third-order valence-corrected chi connectivity index (χ3v) is 3.77. The molecule has 0 bridgehead atoms. The van der Waals surface area contributed by atoms with E-state index in [0.29, 0.717) is 38.6 Å². The minimum atomic E-state index is -0.103. The van der Waals surface area contributed by atoms with Crippen LogP contribution in [0.15, 0.2) is 0 Å². The maximum atomic E-state index is 12.1. The molecular formula is C14H26N6O3. The molecule has 130 valence electrons. The van der Waals surface area contributed by atoms with E-state index in [1.54, 1.807) is 4.68 Å². The lowest BCUT2D eigenvalue weighted by Gasteiger charge is -2.32. The highest BCUT2D eigenvalue weighted by Crippen LogP contribution is 2.12. The molecule has 9 heteroatoms. The zero-order valence-corrected chi connectivity index (χ0v) is 14.1. The summed E-state index contributed by atoms with van der Waals surface area (Å²) in [6.45, 7) is 4.93. The maximum absolute atomic E-state index is 12.1. The Morgan fingerprint density at radius 1 is 1.52 bits per heavy atom. The van der Waals surface area contributed by atoms with Gasteiger partial charge in [0.25, 0.3) is 0 Å². The van der Waals surface area contributed by atoms with Gasteiger partial charge in [0.15, 0.2) is 0 Å². The molecule has 1 aromatic rings. The van der Waals surface area contributed by atoms with E-state index in [1.165, 1.54) is 0 Å². The number of nitrogens with one attached hydrogen (secondary N) is 1. The van der Waals surface area contributed by atoms with E-state index in [2.05, 4.69) is 25.7 Å². The van der Waals surface area contributed by atoms with Crippen molar-refractivity contribution in [3.63, 3.8) is 0 Å². The molecule has 0 unspecified atom stereocenters. The number of aryl methyl sites for hydroxylation is 2. The van der Waals surface area contributed by atoms with Crippen LogP contribution in [-0.2, 0) is 20.8 Å². The molecule has 9 nitrogen and oxygen atoms in total. The summed E-state index contributed by atoms with van der Waals surface area (Å²) in [5.41, 5.74) is 0. The van der Waals surface area contributed by atoms with E-state index in [1.807, 2.05) is 21.0 Å². The fraction of sp³-hybridized carbons (Fsp3) is 0.857. The molecule has 23 heavy (non-hydrogen) atoms. The number of amides is 1. The topological polar surface area (TPSA) is 94.4 Å². The highest BCUT2D eigenvalue weighted by atomic mass is 16.5. The molecule has 1 amide bonds. The number of carbonyl (C=O) groups excluding carboxylic acids is 1. The Balaban J connectivity index is 1.76. The van der Waals surface area contributed by atoms with Gasteiger partial charge in [-0.1, -0.05) is 0 Å². The predicted octanol–water partition coefficient (Wildman–Crippen LogP) is -0.776. The maximum Gasteiger partial charge on any atom is 0.222 e. The number of likely N-dealkylation sites (N-methyl/N-ethyl adjacent to an activating group) is 1. The summed E-state index contributed by atoms with van der Waals surface area (Å²) in [6.07, 6.45) is 1.12. The quantitative estimate of drug-likeness (QED) is 0.670. The SMILES string of the molecule is Cc1nnnn1CCC(=O)N[C@@H]1COCC[C@@H]1OCCN(C)C. The van der Waals surface area contributed by atoms with Crippen molar-refractivity contribution in [2.75, 3.05) is 40.5 Å². The summed E-state index contributed by atoms with van der Waals surface area (Å²) in [5.74, 6) is 0.653. The van der Waals surface area contributed by atoms with E-state index in [4.69, 9.17) is 9.47 Å². The molecule has 2 atom stereocenters. The highest BCUT2D eigenvalue weighted by Gasteiger charge is 2.27. The zero-order chi connectivity index (χ0) is 16.7. The van der Waals surface area contributed by atoms with Crippen molar-refractivity contribution in [3.05, 3.63) is 5.82 Å². The largest absolute Gasteiger partial charge is 0.379 e. The molecular weight excluding hydrogens is 300 g/mol. The summed E-state index contributed by atoms with van der Waals surface area (Å²) >= 11 is 0. The van der Waals surface area contributed by atoms with Crippen LogP contribution in [-0.4, -0.2) is 83.6 Å². The minimum absolute atomic E-state index is 0.00224. The monoisotopic (exact) mass is 326 g/mol. The van der Waals surface area contributed by atoms with Gasteiger partial charge in [0.05, 0.1) is 31.9 Å². The smallest absolute Gasteiger partial charge is 0.222 e. The molecule has 1 aliphatic rings. The highest BCUT2D eigenvalue weighted by molar-refractivity contribution is 5.76. The van der Waals surface area contributed by atoms with Gasteiger partial charge in [-0.3, -0.25) is 4.79 Å². The second-order valence-corrected chi connectivity index (χ2v) is 5.95. The molecule has 0 aromatic carbocycles. The normalized spacial score (nSPS) is 21.6. The summed E-state index contributed by atoms with van der Waals surface area (Å²) < 4.78 is 13.0. The van der Waals surface area contributed by atoms with E-state index >= 15 is 0 Å². The van der Waals surface area contributed by atoms with Crippen molar-refractivity contribution in [3.8, 4) is 0 Å². The van der Waals surface area contributed by atoms with Crippen molar-refractivity contribution < 1.29 is 14.3 Å². The van der Waals surface area contributed by atoms with E-state index in [-0.39, 0.29) is 18.1 Å². The summed E-state index contributed by atoms with van der Waals surface area (Å²) in [4.78, 5) is 14.2. The first kappa shape index (κ1) is 17.8. The summed E-state index contributed by atoms with van der Waals surface area (Å²) in [7, 11) is 4.02. The first-order valence-electron chi connectivity index (χ1n) is 7.92. The zero-order valence-electron chi connectivity index (χ0n) is 14.1. The van der Waals surface area contributed by atoms with Crippen molar-refractivity contribution >= 4 is 5.91 Å². The summed E-state index contributed by atoms with van der Waals surface area (Å²) in [6, 6.07) is -0.103. The van der Waals surface area contributed by atoms with Gasteiger partial charge in [0.2, 0.25) is 5.91 Å². The Bertz CT molecular complexity index is 493. The molecule has 1 aromatic heterocycles. The Morgan fingerprint density at radius 3 is 3.04 bits per heavy atom. The molecule has 2 rings (SSSR count). The number of ether oxygens (including phenoxy) is 2. The van der Waals surface area contributed by atoms with E-state index < -0.39 is 0 Å². The molecule has 1 fully saturated rings. The third-order valence-electron chi connectivity index (χ3n) is 3.77. The van der Waals surface area contributed by atoms with Gasteiger partial charge in [-0.25, -0.2) is 4.68 Å². The van der Waals surface area contributed by atoms with Crippen LogP contribution in [0.1, 0.15) is 18.7 Å². The summed E-state index contributed by atoms with van der Waals surface area (Å²) in [5, 5.41) is 14.2. The fourth-order valence-electron chi connectivity index (χ4n) is 2.38. The van der Waals surface area contributed by atoms with Gasteiger partial charge >= 0.3 is 0 Å². The van der Waals surface area contributed by atoms with Crippen LogP contribution in [0, 0.1) is 6.92 Å². The lowest BCUT2D eigenvalue weighted by atomic mass is 10.1. The average molecular weight is 326 g/mol. The molecule has 0 spiro atoms. The number of rotatable bonds is 8. The first-order chi connectivity index (χ1) is 11.1. The molecule has 0 radical (unpaired) electrons. The number of carbonyl (C=O) groups is 1. The van der Waals surface area contributed by atoms with Crippen molar-refractivity contribution in [1.29, 1.82) is 0 Å². The second kappa shape index (κ2) is 8.90. The molecule has 1 aliphatic heterocycles. The van der Waals surface area contributed by atoms with Crippen LogP contribution in [0.25, 0.3) is 0 Å². The van der Waals surface area contributed by atoms with Crippen LogP contribution < -0.4 is 5.32 Å². The number of nitrogens with zero attached hydrogens (tertiary/aromatic N) is 5.